The molecule has 0 saturated carbocycles. The monoisotopic (exact) mass is 272 g/mol. The van der Waals surface area contributed by atoms with Crippen LogP contribution in [0.4, 0.5) is 8.78 Å². The molecule has 0 radical (unpaired) electrons. The molecule has 0 aromatic heterocycles. The lowest BCUT2D eigenvalue weighted by molar-refractivity contribution is -0.179. The van der Waals surface area contributed by atoms with Gasteiger partial charge in [0.2, 0.25) is 0 Å². The molecule has 0 atom stereocenters. The summed E-state index contributed by atoms with van der Waals surface area (Å²) in [7, 11) is 0. The van der Waals surface area contributed by atoms with Crippen molar-refractivity contribution in [1.29, 1.82) is 0 Å². The summed E-state index contributed by atoms with van der Waals surface area (Å²) in [4.78, 5) is 21.4. The second kappa shape index (κ2) is 6.06. The molecular formula is C8H11BrF2O3. The summed E-state index contributed by atoms with van der Waals surface area (Å²) in [6.45, 7) is 1.68. The zero-order valence-corrected chi connectivity index (χ0v) is 9.27. The number of carbonyl (C=O) groups excluding carboxylic acids is 2. The Kier molecular flexibility index (Phi) is 5.83. The molecule has 0 rings (SSSR count). The molecule has 0 bridgehead atoms. The Morgan fingerprint density at radius 1 is 1.43 bits per heavy atom. The number of alkyl halides is 3. The lowest BCUT2D eigenvalue weighted by Crippen LogP contribution is -2.32. The fourth-order valence-corrected chi connectivity index (χ4v) is 1.15. The normalized spacial score (nSPS) is 11.1. The number of hydrogen-bond acceptors (Lipinski definition) is 3. The fourth-order valence-electron chi connectivity index (χ4n) is 0.654. The van der Waals surface area contributed by atoms with Crippen LogP contribution in [0, 0.1) is 0 Å². The summed E-state index contributed by atoms with van der Waals surface area (Å²) >= 11 is 2.78. The van der Waals surface area contributed by atoms with E-state index < -0.39 is 24.3 Å². The Hall–Kier alpha value is -0.520. The van der Waals surface area contributed by atoms with Crippen molar-refractivity contribution in [3.05, 3.63) is 0 Å². The van der Waals surface area contributed by atoms with Gasteiger partial charge in [0.1, 0.15) is 0 Å². The molecule has 0 aliphatic carbocycles. The smallest absolute Gasteiger partial charge is 0.384 e. The summed E-state index contributed by atoms with van der Waals surface area (Å²) in [6.07, 6.45) is -0.252. The van der Waals surface area contributed by atoms with Gasteiger partial charge >= 0.3 is 17.9 Å². The van der Waals surface area contributed by atoms with Gasteiger partial charge in [-0.3, -0.25) is 4.79 Å². The molecule has 0 aliphatic rings. The molecule has 0 fully saturated rings. The third-order valence-electron chi connectivity index (χ3n) is 1.37. The van der Waals surface area contributed by atoms with Crippen LogP contribution in [0.5, 0.6) is 0 Å². The van der Waals surface area contributed by atoms with Crippen molar-refractivity contribution in [3.8, 4) is 0 Å². The van der Waals surface area contributed by atoms with E-state index in [0.29, 0.717) is 6.42 Å². The van der Waals surface area contributed by atoms with E-state index in [-0.39, 0.29) is 11.8 Å². The van der Waals surface area contributed by atoms with Gasteiger partial charge in [0.15, 0.2) is 0 Å². The van der Waals surface area contributed by atoms with Crippen LogP contribution in [-0.2, 0) is 14.3 Å². The second-order valence-electron chi connectivity index (χ2n) is 2.65. The van der Waals surface area contributed by atoms with E-state index in [1.165, 1.54) is 0 Å². The van der Waals surface area contributed by atoms with Gasteiger partial charge in [-0.05, 0) is 6.42 Å². The first-order chi connectivity index (χ1) is 6.44. The molecule has 0 saturated heterocycles. The Bertz CT molecular complexity index is 219. The van der Waals surface area contributed by atoms with Crippen LogP contribution in [0.25, 0.3) is 0 Å². The summed E-state index contributed by atoms with van der Waals surface area (Å²) in [5.41, 5.74) is 0. The highest BCUT2D eigenvalue weighted by atomic mass is 79.9. The Morgan fingerprint density at radius 3 is 2.43 bits per heavy atom. The van der Waals surface area contributed by atoms with Gasteiger partial charge in [0.05, 0.1) is 0 Å². The van der Waals surface area contributed by atoms with Gasteiger partial charge in [-0.25, -0.2) is 4.79 Å². The van der Waals surface area contributed by atoms with Gasteiger partial charge in [-0.15, -0.1) is 0 Å². The molecule has 6 heteroatoms. The minimum atomic E-state index is -3.59. The summed E-state index contributed by atoms with van der Waals surface area (Å²) in [5, 5.41) is -0.0307. The van der Waals surface area contributed by atoms with Gasteiger partial charge in [0.25, 0.3) is 0 Å². The number of rotatable bonds is 5. The topological polar surface area (TPSA) is 43.4 Å². The van der Waals surface area contributed by atoms with Crippen LogP contribution in [0.2, 0.25) is 0 Å². The zero-order valence-electron chi connectivity index (χ0n) is 7.69. The van der Waals surface area contributed by atoms with E-state index in [0.717, 1.165) is 0 Å². The summed E-state index contributed by atoms with van der Waals surface area (Å²) < 4.78 is 29.5. The number of hydrogen-bond donors (Lipinski definition) is 0. The van der Waals surface area contributed by atoms with Crippen molar-refractivity contribution >= 4 is 27.9 Å². The molecular weight excluding hydrogens is 262 g/mol. The summed E-state index contributed by atoms with van der Waals surface area (Å²) in [5.74, 6) is -6.27. The predicted octanol–water partition coefficient (Wildman–Crippen LogP) is 2.28. The van der Waals surface area contributed by atoms with Crippen molar-refractivity contribution in [1.82, 2.24) is 0 Å². The summed E-state index contributed by atoms with van der Waals surface area (Å²) in [6, 6.07) is 0. The van der Waals surface area contributed by atoms with Crippen molar-refractivity contribution in [2.45, 2.75) is 32.1 Å². The highest BCUT2D eigenvalue weighted by molar-refractivity contribution is 9.09. The molecule has 0 aromatic carbocycles. The molecule has 82 valence electrons. The van der Waals surface area contributed by atoms with E-state index in [2.05, 4.69) is 20.7 Å². The third-order valence-corrected chi connectivity index (χ3v) is 1.76. The van der Waals surface area contributed by atoms with E-state index in [1.807, 2.05) is 0 Å². The van der Waals surface area contributed by atoms with Crippen molar-refractivity contribution in [3.63, 3.8) is 0 Å². The highest BCUT2D eigenvalue weighted by Crippen LogP contribution is 2.21. The first-order valence-corrected chi connectivity index (χ1v) is 5.25. The Balaban J connectivity index is 4.12. The van der Waals surface area contributed by atoms with Crippen LogP contribution >= 0.6 is 15.9 Å². The number of carbonyl (C=O) groups is 2. The predicted molar refractivity (Wildman–Crippen MR) is 49.4 cm³/mol. The lowest BCUT2D eigenvalue weighted by Gasteiger charge is -2.12. The molecule has 0 aliphatic heterocycles. The second-order valence-corrected chi connectivity index (χ2v) is 3.45. The number of ether oxygens (including phenoxy) is 1. The maximum absolute atomic E-state index is 12.8. The highest BCUT2D eigenvalue weighted by Gasteiger charge is 2.40. The van der Waals surface area contributed by atoms with E-state index in [4.69, 9.17) is 0 Å². The largest absolute Gasteiger partial charge is 0.389 e. The fraction of sp³-hybridized carbons (Fsp3) is 0.750. The van der Waals surface area contributed by atoms with Crippen molar-refractivity contribution in [2.75, 3.05) is 5.33 Å². The van der Waals surface area contributed by atoms with Gasteiger partial charge in [0, 0.05) is 18.2 Å². The lowest BCUT2D eigenvalue weighted by atomic mass is 10.2. The van der Waals surface area contributed by atoms with Crippen LogP contribution in [0.3, 0.4) is 0 Å². The standard InChI is InChI=1S/C8H11BrF2O3/c1-2-3-6(12)14-7(13)8(10,11)4-5-9/h2-5H2,1H3. The minimum absolute atomic E-state index is 0.0307. The maximum atomic E-state index is 12.8. The molecule has 3 nitrogen and oxygen atoms in total. The first kappa shape index (κ1) is 13.5. The van der Waals surface area contributed by atoms with Gasteiger partial charge < -0.3 is 4.74 Å². The van der Waals surface area contributed by atoms with Crippen LogP contribution in [-0.4, -0.2) is 23.2 Å². The average Bonchev–Trinajstić information content (AvgIpc) is 2.04. The zero-order chi connectivity index (χ0) is 11.2. The molecule has 0 aromatic rings. The first-order valence-electron chi connectivity index (χ1n) is 4.13. The minimum Gasteiger partial charge on any atom is -0.389 e. The van der Waals surface area contributed by atoms with Crippen molar-refractivity contribution in [2.24, 2.45) is 0 Å². The van der Waals surface area contributed by atoms with E-state index >= 15 is 0 Å². The maximum Gasteiger partial charge on any atom is 0.384 e. The van der Waals surface area contributed by atoms with Crippen molar-refractivity contribution < 1.29 is 23.1 Å². The quantitative estimate of drug-likeness (QED) is 0.438. The molecule has 0 amide bonds. The van der Waals surface area contributed by atoms with Gasteiger partial charge in [-0.2, -0.15) is 8.78 Å². The molecule has 0 spiro atoms. The van der Waals surface area contributed by atoms with Crippen LogP contribution < -0.4 is 0 Å². The number of halogens is 3. The van der Waals surface area contributed by atoms with Crippen LogP contribution in [0.15, 0.2) is 0 Å². The molecule has 0 unspecified atom stereocenters. The van der Waals surface area contributed by atoms with E-state index in [1.54, 1.807) is 6.92 Å². The number of esters is 2. The molecule has 0 heterocycles. The molecule has 0 N–H and O–H groups in total. The molecule has 14 heavy (non-hydrogen) atoms. The van der Waals surface area contributed by atoms with Gasteiger partial charge in [-0.1, -0.05) is 22.9 Å². The SMILES string of the molecule is CCCC(=O)OC(=O)C(F)(F)CCBr. The Labute approximate surface area is 88.9 Å². The average molecular weight is 273 g/mol. The van der Waals surface area contributed by atoms with Crippen LogP contribution in [0.1, 0.15) is 26.2 Å². The third kappa shape index (κ3) is 4.64. The Morgan fingerprint density at radius 2 is 2.00 bits per heavy atom. The van der Waals surface area contributed by atoms with E-state index in [9.17, 15) is 18.4 Å².